The van der Waals surface area contributed by atoms with E-state index in [9.17, 15) is 4.79 Å². The summed E-state index contributed by atoms with van der Waals surface area (Å²) in [7, 11) is 0. The molecule has 3 heteroatoms. The van der Waals surface area contributed by atoms with Crippen molar-refractivity contribution in [3.8, 4) is 0 Å². The predicted octanol–water partition coefficient (Wildman–Crippen LogP) is 2.85. The third-order valence-electron chi connectivity index (χ3n) is 3.74. The quantitative estimate of drug-likeness (QED) is 0.895. The van der Waals surface area contributed by atoms with E-state index in [1.807, 2.05) is 36.1 Å². The zero-order valence-corrected chi connectivity index (χ0v) is 12.9. The van der Waals surface area contributed by atoms with Gasteiger partial charge in [-0.05, 0) is 44.4 Å². The second-order valence-electron chi connectivity index (χ2n) is 6.27. The molecule has 0 spiro atoms. The summed E-state index contributed by atoms with van der Waals surface area (Å²) >= 11 is 0. The molecule has 1 amide bonds. The lowest BCUT2D eigenvalue weighted by Crippen LogP contribution is -2.42. The predicted molar refractivity (Wildman–Crippen MR) is 82.9 cm³/mol. The monoisotopic (exact) mass is 274 g/mol. The smallest absolute Gasteiger partial charge is 0.253 e. The molecule has 3 nitrogen and oxygen atoms in total. The van der Waals surface area contributed by atoms with Gasteiger partial charge in [0, 0.05) is 24.7 Å². The molecule has 1 N–H and O–H groups in total. The Morgan fingerprint density at radius 2 is 2.25 bits per heavy atom. The van der Waals surface area contributed by atoms with Crippen LogP contribution in [0.25, 0.3) is 0 Å². The van der Waals surface area contributed by atoms with Gasteiger partial charge in [0.15, 0.2) is 0 Å². The number of rotatable bonds is 5. The number of benzene rings is 1. The Morgan fingerprint density at radius 3 is 2.85 bits per heavy atom. The first kappa shape index (κ1) is 15.0. The number of nitrogens with zero attached hydrogens (tertiary/aromatic N) is 1. The van der Waals surface area contributed by atoms with Crippen molar-refractivity contribution in [1.82, 2.24) is 10.2 Å². The molecule has 2 rings (SSSR count). The molecule has 1 fully saturated rings. The Kier molecular flexibility index (Phi) is 5.18. The third-order valence-corrected chi connectivity index (χ3v) is 3.74. The van der Waals surface area contributed by atoms with Crippen molar-refractivity contribution in [2.75, 3.05) is 19.6 Å². The van der Waals surface area contributed by atoms with Gasteiger partial charge < -0.3 is 10.2 Å². The molecular weight excluding hydrogens is 248 g/mol. The second kappa shape index (κ2) is 6.89. The van der Waals surface area contributed by atoms with Gasteiger partial charge >= 0.3 is 0 Å². The average molecular weight is 274 g/mol. The SMILES string of the molecule is Cc1cccc(C(=O)N(CC(C)C)CC2CCCN2)c1. The number of hydrogen-bond donors (Lipinski definition) is 1. The van der Waals surface area contributed by atoms with Crippen LogP contribution >= 0.6 is 0 Å². The van der Waals surface area contributed by atoms with Crippen molar-refractivity contribution in [3.05, 3.63) is 35.4 Å². The maximum atomic E-state index is 12.7. The molecule has 20 heavy (non-hydrogen) atoms. The summed E-state index contributed by atoms with van der Waals surface area (Å²) in [5.74, 6) is 0.654. The standard InChI is InChI=1S/C17H26N2O/c1-13(2)11-19(12-16-8-5-9-18-16)17(20)15-7-4-6-14(3)10-15/h4,6-7,10,13,16,18H,5,8-9,11-12H2,1-3H3. The Morgan fingerprint density at radius 1 is 1.45 bits per heavy atom. The Labute approximate surface area is 122 Å². The second-order valence-corrected chi connectivity index (χ2v) is 6.27. The summed E-state index contributed by atoms with van der Waals surface area (Å²) in [6, 6.07) is 8.36. The normalized spacial score (nSPS) is 18.5. The van der Waals surface area contributed by atoms with E-state index in [2.05, 4.69) is 19.2 Å². The Hall–Kier alpha value is -1.35. The summed E-state index contributed by atoms with van der Waals surface area (Å²) in [6.45, 7) is 9.09. The van der Waals surface area contributed by atoms with Gasteiger partial charge in [0.1, 0.15) is 0 Å². The molecule has 110 valence electrons. The van der Waals surface area contributed by atoms with E-state index in [1.54, 1.807) is 0 Å². The molecule has 0 saturated carbocycles. The minimum atomic E-state index is 0.163. The minimum absolute atomic E-state index is 0.163. The van der Waals surface area contributed by atoms with Gasteiger partial charge in [-0.15, -0.1) is 0 Å². The van der Waals surface area contributed by atoms with Crippen molar-refractivity contribution in [2.45, 2.75) is 39.7 Å². The first-order valence-electron chi connectivity index (χ1n) is 7.65. The van der Waals surface area contributed by atoms with Crippen molar-refractivity contribution in [2.24, 2.45) is 5.92 Å². The van der Waals surface area contributed by atoms with Gasteiger partial charge in [0.25, 0.3) is 5.91 Å². The Bertz CT molecular complexity index is 450. The van der Waals surface area contributed by atoms with E-state index in [1.165, 1.54) is 12.8 Å². The van der Waals surface area contributed by atoms with Crippen LogP contribution in [-0.4, -0.2) is 36.5 Å². The minimum Gasteiger partial charge on any atom is -0.337 e. The summed E-state index contributed by atoms with van der Waals surface area (Å²) in [5.41, 5.74) is 1.95. The number of nitrogens with one attached hydrogen (secondary N) is 1. The molecule has 0 radical (unpaired) electrons. The van der Waals surface area contributed by atoms with Crippen LogP contribution in [-0.2, 0) is 0 Å². The van der Waals surface area contributed by atoms with Gasteiger partial charge in [0.05, 0.1) is 0 Å². The molecule has 1 unspecified atom stereocenters. The van der Waals surface area contributed by atoms with Crippen LogP contribution in [0.3, 0.4) is 0 Å². The van der Waals surface area contributed by atoms with Gasteiger partial charge in [0.2, 0.25) is 0 Å². The van der Waals surface area contributed by atoms with Crippen LogP contribution in [0, 0.1) is 12.8 Å². The molecule has 1 saturated heterocycles. The third kappa shape index (κ3) is 4.07. The fourth-order valence-corrected chi connectivity index (χ4v) is 2.82. The lowest BCUT2D eigenvalue weighted by atomic mass is 10.1. The van der Waals surface area contributed by atoms with E-state index >= 15 is 0 Å². The maximum absolute atomic E-state index is 12.7. The lowest BCUT2D eigenvalue weighted by molar-refractivity contribution is 0.0721. The van der Waals surface area contributed by atoms with Crippen LogP contribution in [0.1, 0.15) is 42.6 Å². The maximum Gasteiger partial charge on any atom is 0.253 e. The van der Waals surface area contributed by atoms with E-state index in [-0.39, 0.29) is 5.91 Å². The number of amides is 1. The van der Waals surface area contributed by atoms with Gasteiger partial charge in [-0.1, -0.05) is 31.5 Å². The molecular formula is C17H26N2O. The first-order valence-corrected chi connectivity index (χ1v) is 7.65. The molecule has 0 aromatic heterocycles. The molecule has 1 atom stereocenters. The van der Waals surface area contributed by atoms with Crippen molar-refractivity contribution in [1.29, 1.82) is 0 Å². The largest absolute Gasteiger partial charge is 0.337 e. The van der Waals surface area contributed by atoms with Crippen molar-refractivity contribution in [3.63, 3.8) is 0 Å². The first-order chi connectivity index (χ1) is 9.56. The van der Waals surface area contributed by atoms with E-state index < -0.39 is 0 Å². The van der Waals surface area contributed by atoms with Gasteiger partial charge in [-0.25, -0.2) is 0 Å². The van der Waals surface area contributed by atoms with Crippen LogP contribution in [0.2, 0.25) is 0 Å². The topological polar surface area (TPSA) is 32.3 Å². The molecule has 1 aromatic rings. The highest BCUT2D eigenvalue weighted by Gasteiger charge is 2.23. The number of hydrogen-bond acceptors (Lipinski definition) is 2. The van der Waals surface area contributed by atoms with Crippen LogP contribution in [0.15, 0.2) is 24.3 Å². The van der Waals surface area contributed by atoms with E-state index in [0.29, 0.717) is 12.0 Å². The summed E-state index contributed by atoms with van der Waals surface area (Å²) in [6.07, 6.45) is 2.40. The summed E-state index contributed by atoms with van der Waals surface area (Å²) in [4.78, 5) is 14.7. The fourth-order valence-electron chi connectivity index (χ4n) is 2.82. The molecule has 1 aliphatic rings. The highest BCUT2D eigenvalue weighted by molar-refractivity contribution is 5.94. The van der Waals surface area contributed by atoms with E-state index in [0.717, 1.165) is 30.8 Å². The Balaban J connectivity index is 2.10. The fraction of sp³-hybridized carbons (Fsp3) is 0.588. The van der Waals surface area contributed by atoms with Crippen molar-refractivity contribution < 1.29 is 4.79 Å². The van der Waals surface area contributed by atoms with Crippen molar-refractivity contribution >= 4 is 5.91 Å². The molecule has 0 aliphatic carbocycles. The zero-order chi connectivity index (χ0) is 14.5. The molecule has 0 bridgehead atoms. The summed E-state index contributed by atoms with van der Waals surface area (Å²) in [5, 5.41) is 3.48. The zero-order valence-electron chi connectivity index (χ0n) is 12.9. The number of carbonyl (C=O) groups excluding carboxylic acids is 1. The van der Waals surface area contributed by atoms with Gasteiger partial charge in [-0.3, -0.25) is 4.79 Å². The van der Waals surface area contributed by atoms with Crippen LogP contribution in [0.4, 0.5) is 0 Å². The van der Waals surface area contributed by atoms with Crippen LogP contribution < -0.4 is 5.32 Å². The molecule has 1 heterocycles. The van der Waals surface area contributed by atoms with Gasteiger partial charge in [-0.2, -0.15) is 0 Å². The average Bonchev–Trinajstić information content (AvgIpc) is 2.89. The van der Waals surface area contributed by atoms with Crippen LogP contribution in [0.5, 0.6) is 0 Å². The summed E-state index contributed by atoms with van der Waals surface area (Å²) < 4.78 is 0. The lowest BCUT2D eigenvalue weighted by Gasteiger charge is -2.27. The highest BCUT2D eigenvalue weighted by atomic mass is 16.2. The van der Waals surface area contributed by atoms with E-state index in [4.69, 9.17) is 0 Å². The number of carbonyl (C=O) groups is 1. The highest BCUT2D eigenvalue weighted by Crippen LogP contribution is 2.13. The molecule has 1 aliphatic heterocycles. The number of aryl methyl sites for hydroxylation is 1. The molecule has 1 aromatic carbocycles.